The molecule has 0 bridgehead atoms. The van der Waals surface area contributed by atoms with Crippen LogP contribution in [0, 0.1) is 27.7 Å². The molecular weight excluding hydrogens is 472 g/mol. The largest absolute Gasteiger partial charge is 0.493 e. The third-order valence-electron chi connectivity index (χ3n) is 5.36. The van der Waals surface area contributed by atoms with E-state index in [0.717, 1.165) is 22.3 Å². The van der Waals surface area contributed by atoms with E-state index in [4.69, 9.17) is 9.47 Å². The average molecular weight is 503 g/mol. The minimum atomic E-state index is -0.902. The topological polar surface area (TPSA) is 118 Å². The zero-order valence-corrected chi connectivity index (χ0v) is 21.5. The fourth-order valence-corrected chi connectivity index (χ4v) is 3.67. The second kappa shape index (κ2) is 12.3. The Morgan fingerprint density at radius 2 is 1.51 bits per heavy atom. The number of nitrogens with one attached hydrogen (secondary N) is 3. The number of rotatable bonds is 8. The van der Waals surface area contributed by atoms with Gasteiger partial charge in [-0.1, -0.05) is 24.3 Å². The number of benzene rings is 3. The summed E-state index contributed by atoms with van der Waals surface area (Å²) in [5, 5.41) is 9.26. The van der Waals surface area contributed by atoms with Gasteiger partial charge in [0.15, 0.2) is 18.1 Å². The summed E-state index contributed by atoms with van der Waals surface area (Å²) in [5.74, 6) is -1.29. The Kier molecular flexibility index (Phi) is 8.99. The summed E-state index contributed by atoms with van der Waals surface area (Å²) in [4.78, 5) is 36.7. The van der Waals surface area contributed by atoms with Gasteiger partial charge in [0.25, 0.3) is 5.91 Å². The van der Waals surface area contributed by atoms with Gasteiger partial charge in [-0.15, -0.1) is 0 Å². The Hall–Kier alpha value is -4.66. The van der Waals surface area contributed by atoms with Crippen LogP contribution in [0.15, 0.2) is 59.7 Å². The number of amides is 3. The van der Waals surface area contributed by atoms with Gasteiger partial charge in [0.05, 0.1) is 13.3 Å². The summed E-state index contributed by atoms with van der Waals surface area (Å²) >= 11 is 0. The minimum Gasteiger partial charge on any atom is -0.493 e. The molecule has 3 N–H and O–H groups in total. The lowest BCUT2D eigenvalue weighted by Crippen LogP contribution is -2.32. The number of para-hydroxylation sites is 1. The fourth-order valence-electron chi connectivity index (χ4n) is 3.67. The van der Waals surface area contributed by atoms with Crippen LogP contribution in [0.4, 0.5) is 11.4 Å². The monoisotopic (exact) mass is 502 g/mol. The maximum atomic E-state index is 12.3. The Bertz CT molecular complexity index is 1310. The summed E-state index contributed by atoms with van der Waals surface area (Å²) in [6.45, 7) is 7.40. The third-order valence-corrected chi connectivity index (χ3v) is 5.36. The molecule has 9 nitrogen and oxygen atoms in total. The molecule has 3 rings (SSSR count). The van der Waals surface area contributed by atoms with Crippen LogP contribution >= 0.6 is 0 Å². The zero-order valence-electron chi connectivity index (χ0n) is 21.5. The fraction of sp³-hybridized carbons (Fsp3) is 0.214. The van der Waals surface area contributed by atoms with Crippen LogP contribution in [-0.2, 0) is 14.4 Å². The first-order valence-electron chi connectivity index (χ1n) is 11.6. The van der Waals surface area contributed by atoms with Crippen LogP contribution in [0.1, 0.15) is 27.8 Å². The predicted molar refractivity (Wildman–Crippen MR) is 143 cm³/mol. The van der Waals surface area contributed by atoms with Gasteiger partial charge in [0, 0.05) is 11.4 Å². The Labute approximate surface area is 215 Å². The molecule has 0 heterocycles. The normalized spacial score (nSPS) is 10.6. The molecule has 0 saturated carbocycles. The molecular formula is C28H30N4O5. The predicted octanol–water partition coefficient (Wildman–Crippen LogP) is 4.04. The highest BCUT2D eigenvalue weighted by atomic mass is 16.5. The van der Waals surface area contributed by atoms with Crippen LogP contribution in [0.3, 0.4) is 0 Å². The molecule has 0 atom stereocenters. The molecule has 3 aromatic carbocycles. The van der Waals surface area contributed by atoms with Gasteiger partial charge in [-0.05, 0) is 85.8 Å². The smallest absolute Gasteiger partial charge is 0.329 e. The van der Waals surface area contributed by atoms with E-state index in [-0.39, 0.29) is 12.5 Å². The summed E-state index contributed by atoms with van der Waals surface area (Å²) in [5.41, 5.74) is 7.88. The Morgan fingerprint density at radius 1 is 0.838 bits per heavy atom. The molecule has 0 radical (unpaired) electrons. The van der Waals surface area contributed by atoms with E-state index < -0.39 is 11.8 Å². The number of ether oxygens (including phenoxy) is 2. The van der Waals surface area contributed by atoms with E-state index in [1.807, 2.05) is 64.1 Å². The lowest BCUT2D eigenvalue weighted by Gasteiger charge is -2.12. The number of methoxy groups -OCH3 is 1. The summed E-state index contributed by atoms with van der Waals surface area (Å²) in [6.07, 6.45) is 1.36. The lowest BCUT2D eigenvalue weighted by atomic mass is 10.1. The molecule has 37 heavy (non-hydrogen) atoms. The number of anilines is 2. The molecule has 0 unspecified atom stereocenters. The first kappa shape index (κ1) is 26.9. The van der Waals surface area contributed by atoms with Gasteiger partial charge < -0.3 is 20.1 Å². The van der Waals surface area contributed by atoms with Gasteiger partial charge in [-0.3, -0.25) is 14.4 Å². The van der Waals surface area contributed by atoms with Gasteiger partial charge in [0.2, 0.25) is 0 Å². The lowest BCUT2D eigenvalue weighted by molar-refractivity contribution is -0.136. The molecule has 3 amide bonds. The van der Waals surface area contributed by atoms with Crippen molar-refractivity contribution in [3.8, 4) is 11.5 Å². The molecule has 0 spiro atoms. The van der Waals surface area contributed by atoms with Crippen molar-refractivity contribution in [1.29, 1.82) is 0 Å². The maximum absolute atomic E-state index is 12.3. The summed E-state index contributed by atoms with van der Waals surface area (Å²) in [7, 11) is 1.47. The molecule has 0 aliphatic heterocycles. The van der Waals surface area contributed by atoms with E-state index in [0.29, 0.717) is 28.4 Å². The number of nitrogens with zero attached hydrogens (tertiary/aromatic N) is 1. The first-order valence-corrected chi connectivity index (χ1v) is 11.6. The van der Waals surface area contributed by atoms with Crippen molar-refractivity contribution in [3.63, 3.8) is 0 Å². The van der Waals surface area contributed by atoms with Crippen molar-refractivity contribution in [1.82, 2.24) is 5.43 Å². The summed E-state index contributed by atoms with van der Waals surface area (Å²) in [6, 6.07) is 16.3. The van der Waals surface area contributed by atoms with Crippen molar-refractivity contribution in [2.75, 3.05) is 24.4 Å². The number of carbonyl (C=O) groups is 3. The molecule has 9 heteroatoms. The van der Waals surface area contributed by atoms with Crippen molar-refractivity contribution in [3.05, 3.63) is 82.4 Å². The zero-order chi connectivity index (χ0) is 26.9. The number of aryl methyl sites for hydroxylation is 4. The molecule has 0 aliphatic rings. The van der Waals surface area contributed by atoms with E-state index in [2.05, 4.69) is 21.2 Å². The number of carbonyl (C=O) groups excluding carboxylic acids is 3. The van der Waals surface area contributed by atoms with E-state index >= 15 is 0 Å². The van der Waals surface area contributed by atoms with Crippen molar-refractivity contribution in [2.45, 2.75) is 27.7 Å². The van der Waals surface area contributed by atoms with Gasteiger partial charge >= 0.3 is 11.8 Å². The summed E-state index contributed by atoms with van der Waals surface area (Å²) < 4.78 is 11.0. The number of hydrogen-bond acceptors (Lipinski definition) is 6. The van der Waals surface area contributed by atoms with Crippen LogP contribution in [-0.4, -0.2) is 37.7 Å². The van der Waals surface area contributed by atoms with Gasteiger partial charge in [-0.2, -0.15) is 5.10 Å². The molecule has 0 aromatic heterocycles. The van der Waals surface area contributed by atoms with Crippen LogP contribution < -0.4 is 25.5 Å². The second-order valence-electron chi connectivity index (χ2n) is 8.54. The molecule has 192 valence electrons. The SMILES string of the molecule is COc1cc(/C=N\NC(=O)C(=O)Nc2c(C)cccc2C)ccc1OCC(=O)Nc1cc(C)cc(C)c1. The highest BCUT2D eigenvalue weighted by molar-refractivity contribution is 6.39. The Morgan fingerprint density at radius 3 is 2.16 bits per heavy atom. The van der Waals surface area contributed by atoms with E-state index in [9.17, 15) is 14.4 Å². The molecule has 3 aromatic rings. The van der Waals surface area contributed by atoms with Gasteiger partial charge in [0.1, 0.15) is 0 Å². The van der Waals surface area contributed by atoms with Crippen molar-refractivity contribution < 1.29 is 23.9 Å². The number of hydrazone groups is 1. The van der Waals surface area contributed by atoms with Crippen molar-refractivity contribution in [2.24, 2.45) is 5.10 Å². The molecule has 0 saturated heterocycles. The van der Waals surface area contributed by atoms with Crippen LogP contribution in [0.5, 0.6) is 11.5 Å². The van der Waals surface area contributed by atoms with E-state index in [1.165, 1.54) is 13.3 Å². The van der Waals surface area contributed by atoms with Gasteiger partial charge in [-0.25, -0.2) is 5.43 Å². The highest BCUT2D eigenvalue weighted by Gasteiger charge is 2.15. The third kappa shape index (κ3) is 7.66. The Balaban J connectivity index is 1.55. The second-order valence-corrected chi connectivity index (χ2v) is 8.54. The molecule has 0 aliphatic carbocycles. The molecule has 0 fully saturated rings. The van der Waals surface area contributed by atoms with Crippen molar-refractivity contribution >= 4 is 35.3 Å². The maximum Gasteiger partial charge on any atom is 0.329 e. The quantitative estimate of drug-likeness (QED) is 0.244. The first-order chi connectivity index (χ1) is 17.7. The average Bonchev–Trinajstić information content (AvgIpc) is 2.84. The standard InChI is InChI=1S/C28H30N4O5/c1-17-11-18(2)13-22(12-17)30-25(33)16-37-23-10-9-21(14-24(23)36-5)15-29-32-28(35)27(34)31-26-19(3)7-6-8-20(26)4/h6-15H,16H2,1-5H3,(H,30,33)(H,31,34)(H,32,35)/b29-15-. The van der Waals surface area contributed by atoms with E-state index in [1.54, 1.807) is 18.2 Å². The number of hydrogen-bond donors (Lipinski definition) is 3. The van der Waals surface area contributed by atoms with Crippen LogP contribution in [0.2, 0.25) is 0 Å². The minimum absolute atomic E-state index is 0.206. The highest BCUT2D eigenvalue weighted by Crippen LogP contribution is 2.27. The van der Waals surface area contributed by atoms with Crippen LogP contribution in [0.25, 0.3) is 0 Å².